The molecular formula is C23H18F3NO3. The summed E-state index contributed by atoms with van der Waals surface area (Å²) in [5, 5.41) is 0. The van der Waals surface area contributed by atoms with Gasteiger partial charge in [0.25, 0.3) is 0 Å². The number of imide groups is 1. The van der Waals surface area contributed by atoms with Gasteiger partial charge in [0.2, 0.25) is 11.8 Å². The van der Waals surface area contributed by atoms with Gasteiger partial charge < -0.3 is 4.74 Å². The third-order valence-electron chi connectivity index (χ3n) is 5.38. The Hall–Kier alpha value is -3.19. The van der Waals surface area contributed by atoms with Crippen molar-refractivity contribution < 1.29 is 27.5 Å². The molecule has 4 atom stereocenters. The predicted molar refractivity (Wildman–Crippen MR) is 105 cm³/mol. The van der Waals surface area contributed by atoms with Crippen LogP contribution in [0, 0.1) is 11.8 Å². The molecule has 0 saturated carbocycles. The number of carbonyl (C=O) groups excluding carboxylic acids is 2. The monoisotopic (exact) mass is 413 g/mol. The van der Waals surface area contributed by atoms with Crippen LogP contribution < -0.4 is 4.90 Å². The summed E-state index contributed by atoms with van der Waals surface area (Å²) in [5.74, 6) is -3.24. The predicted octanol–water partition coefficient (Wildman–Crippen LogP) is 4.48. The maximum Gasteiger partial charge on any atom is 0.418 e. The van der Waals surface area contributed by atoms with Crippen molar-refractivity contribution in [2.45, 2.75) is 18.4 Å². The smallest absolute Gasteiger partial charge is 0.365 e. The minimum Gasteiger partial charge on any atom is -0.365 e. The number of rotatable bonds is 4. The number of ether oxygens (including phenoxy) is 1. The Kier molecular flexibility index (Phi) is 5.07. The fraction of sp³-hybridized carbons (Fsp3) is 0.217. The van der Waals surface area contributed by atoms with Gasteiger partial charge in [-0.1, -0.05) is 60.7 Å². The molecule has 2 aromatic carbocycles. The maximum atomic E-state index is 13.5. The van der Waals surface area contributed by atoms with Gasteiger partial charge in [-0.25, -0.2) is 4.90 Å². The van der Waals surface area contributed by atoms with Crippen LogP contribution in [0.15, 0.2) is 73.3 Å². The normalized spacial score (nSPS) is 26.4. The summed E-state index contributed by atoms with van der Waals surface area (Å²) in [5.41, 5.74) is -0.613. The fourth-order valence-corrected chi connectivity index (χ4v) is 4.04. The Bertz CT molecular complexity index is 1020. The van der Waals surface area contributed by atoms with E-state index in [0.29, 0.717) is 4.90 Å². The van der Waals surface area contributed by atoms with Crippen LogP contribution in [0.1, 0.15) is 11.1 Å². The lowest BCUT2D eigenvalue weighted by atomic mass is 9.89. The molecule has 0 radical (unpaired) electrons. The van der Waals surface area contributed by atoms with Gasteiger partial charge >= 0.3 is 6.18 Å². The number of anilines is 1. The number of benzene rings is 2. The molecule has 7 heteroatoms. The van der Waals surface area contributed by atoms with E-state index in [4.69, 9.17) is 4.74 Å². The first-order valence-corrected chi connectivity index (χ1v) is 9.38. The molecule has 0 bridgehead atoms. The third kappa shape index (κ3) is 3.35. The van der Waals surface area contributed by atoms with Crippen molar-refractivity contribution in [1.29, 1.82) is 0 Å². The first kappa shape index (κ1) is 20.1. The molecule has 4 unspecified atom stereocenters. The first-order valence-electron chi connectivity index (χ1n) is 9.38. The minimum absolute atomic E-state index is 0.456. The van der Waals surface area contributed by atoms with E-state index in [-0.39, 0.29) is 0 Å². The highest BCUT2D eigenvalue weighted by atomic mass is 19.4. The second-order valence-electron chi connectivity index (χ2n) is 7.15. The molecule has 0 spiro atoms. The molecule has 0 aromatic heterocycles. The van der Waals surface area contributed by atoms with E-state index in [1.165, 1.54) is 18.2 Å². The van der Waals surface area contributed by atoms with E-state index >= 15 is 0 Å². The molecule has 4 nitrogen and oxygen atoms in total. The van der Waals surface area contributed by atoms with Gasteiger partial charge in [-0.3, -0.25) is 9.59 Å². The summed E-state index contributed by atoms with van der Waals surface area (Å²) in [6.45, 7) is 3.66. The number of hydrogen-bond donors (Lipinski definition) is 0. The molecule has 30 heavy (non-hydrogen) atoms. The second kappa shape index (κ2) is 7.57. The molecule has 2 fully saturated rings. The second-order valence-corrected chi connectivity index (χ2v) is 7.15. The Morgan fingerprint density at radius 2 is 1.50 bits per heavy atom. The van der Waals surface area contributed by atoms with Crippen LogP contribution in [0.25, 0.3) is 6.08 Å². The summed E-state index contributed by atoms with van der Waals surface area (Å²) in [7, 11) is 0. The number of halogens is 3. The average Bonchev–Trinajstić information content (AvgIpc) is 3.22. The van der Waals surface area contributed by atoms with Crippen LogP contribution in [0.2, 0.25) is 0 Å². The SMILES string of the molecule is C=CC1OC(/C=C/c2ccccc2)C2C(=O)N(c3ccccc3C(F)(F)F)C(=O)C12. The highest BCUT2D eigenvalue weighted by Gasteiger charge is 2.59. The molecule has 154 valence electrons. The van der Waals surface area contributed by atoms with E-state index in [1.54, 1.807) is 12.2 Å². The number of amides is 2. The van der Waals surface area contributed by atoms with Crippen LogP contribution in [-0.2, 0) is 20.5 Å². The van der Waals surface area contributed by atoms with E-state index in [0.717, 1.165) is 17.7 Å². The van der Waals surface area contributed by atoms with E-state index in [9.17, 15) is 22.8 Å². The van der Waals surface area contributed by atoms with Crippen molar-refractivity contribution in [2.24, 2.45) is 11.8 Å². The van der Waals surface area contributed by atoms with Gasteiger partial charge in [0.05, 0.1) is 35.3 Å². The standard InChI is InChI=1S/C23H18F3NO3/c1-2-17-19-20(18(30-17)13-12-14-8-4-3-5-9-14)22(29)27(21(19)28)16-11-7-6-10-15(16)23(24,25)26/h2-13,17-20H,1H2/b13-12+. The van der Waals surface area contributed by atoms with Crippen molar-refractivity contribution in [1.82, 2.24) is 0 Å². The Balaban J connectivity index is 1.71. The zero-order chi connectivity index (χ0) is 21.5. The van der Waals surface area contributed by atoms with Crippen LogP contribution in [-0.4, -0.2) is 24.0 Å². The highest BCUT2D eigenvalue weighted by molar-refractivity contribution is 6.23. The molecule has 2 heterocycles. The molecule has 0 N–H and O–H groups in total. The molecule has 0 aliphatic carbocycles. The number of fused-ring (bicyclic) bond motifs is 1. The van der Waals surface area contributed by atoms with Gasteiger partial charge in [-0.15, -0.1) is 6.58 Å². The number of alkyl halides is 3. The summed E-state index contributed by atoms with van der Waals surface area (Å²) >= 11 is 0. The van der Waals surface area contributed by atoms with E-state index in [2.05, 4.69) is 6.58 Å². The average molecular weight is 413 g/mol. The van der Waals surface area contributed by atoms with E-state index < -0.39 is 53.3 Å². The number of hydrogen-bond acceptors (Lipinski definition) is 3. The molecule has 2 aliphatic rings. The summed E-state index contributed by atoms with van der Waals surface area (Å²) < 4.78 is 46.2. The maximum absolute atomic E-state index is 13.5. The topological polar surface area (TPSA) is 46.6 Å². The van der Waals surface area contributed by atoms with Gasteiger partial charge in [0, 0.05) is 0 Å². The van der Waals surface area contributed by atoms with Gasteiger partial charge in [0.1, 0.15) is 0 Å². The van der Waals surface area contributed by atoms with Crippen LogP contribution in [0.3, 0.4) is 0 Å². The van der Waals surface area contributed by atoms with Crippen LogP contribution in [0.5, 0.6) is 0 Å². The van der Waals surface area contributed by atoms with Crippen molar-refractivity contribution >= 4 is 23.6 Å². The number of carbonyl (C=O) groups is 2. The molecule has 2 aliphatic heterocycles. The van der Waals surface area contributed by atoms with Gasteiger partial charge in [0.15, 0.2) is 0 Å². The Morgan fingerprint density at radius 1 is 0.900 bits per heavy atom. The number of nitrogens with zero attached hydrogens (tertiary/aromatic N) is 1. The third-order valence-corrected chi connectivity index (χ3v) is 5.38. The molecule has 2 saturated heterocycles. The summed E-state index contributed by atoms with van der Waals surface area (Å²) in [6, 6.07) is 13.9. The van der Waals surface area contributed by atoms with E-state index in [1.807, 2.05) is 30.3 Å². The molecule has 2 aromatic rings. The lowest BCUT2D eigenvalue weighted by molar-refractivity contribution is -0.137. The van der Waals surface area contributed by atoms with Crippen molar-refractivity contribution in [3.05, 3.63) is 84.5 Å². The van der Waals surface area contributed by atoms with Crippen molar-refractivity contribution in [3.8, 4) is 0 Å². The van der Waals surface area contributed by atoms with Crippen LogP contribution >= 0.6 is 0 Å². The highest BCUT2D eigenvalue weighted by Crippen LogP contribution is 2.46. The number of para-hydroxylation sites is 1. The molecular weight excluding hydrogens is 395 g/mol. The lowest BCUT2D eigenvalue weighted by Gasteiger charge is -2.22. The minimum atomic E-state index is -4.70. The zero-order valence-electron chi connectivity index (χ0n) is 15.8. The van der Waals surface area contributed by atoms with Crippen molar-refractivity contribution in [3.63, 3.8) is 0 Å². The van der Waals surface area contributed by atoms with Crippen molar-refractivity contribution in [2.75, 3.05) is 4.90 Å². The summed E-state index contributed by atoms with van der Waals surface area (Å²) in [4.78, 5) is 26.9. The fourth-order valence-electron chi connectivity index (χ4n) is 4.04. The largest absolute Gasteiger partial charge is 0.418 e. The van der Waals surface area contributed by atoms with Gasteiger partial charge in [-0.2, -0.15) is 13.2 Å². The van der Waals surface area contributed by atoms with Crippen LogP contribution in [0.4, 0.5) is 18.9 Å². The van der Waals surface area contributed by atoms with Gasteiger partial charge in [-0.05, 0) is 17.7 Å². The Morgan fingerprint density at radius 3 is 2.13 bits per heavy atom. The lowest BCUT2D eigenvalue weighted by Crippen LogP contribution is -2.36. The molecule has 4 rings (SSSR count). The quantitative estimate of drug-likeness (QED) is 0.549. The zero-order valence-corrected chi connectivity index (χ0v) is 15.8. The Labute approximate surface area is 171 Å². The molecule has 2 amide bonds. The first-order chi connectivity index (χ1) is 14.3. The summed E-state index contributed by atoms with van der Waals surface area (Å²) in [6.07, 6.45) is -1.37.